The van der Waals surface area contributed by atoms with Crippen molar-refractivity contribution in [3.05, 3.63) is 40.1 Å². The van der Waals surface area contributed by atoms with Crippen LogP contribution in [0.25, 0.3) is 10.8 Å². The van der Waals surface area contributed by atoms with Crippen LogP contribution in [0.1, 0.15) is 18.4 Å². The molecule has 0 amide bonds. The number of nitro benzene ring substituents is 1. The Morgan fingerprint density at radius 2 is 2.24 bits per heavy atom. The maximum atomic E-state index is 11.1. The van der Waals surface area contributed by atoms with Gasteiger partial charge in [-0.2, -0.15) is 0 Å². The molecule has 0 saturated carbocycles. The first-order valence-corrected chi connectivity index (χ1v) is 6.49. The van der Waals surface area contributed by atoms with Crippen LogP contribution in [0.2, 0.25) is 0 Å². The summed E-state index contributed by atoms with van der Waals surface area (Å²) in [6.45, 7) is 2.22. The van der Waals surface area contributed by atoms with Crippen molar-refractivity contribution in [2.24, 2.45) is 0 Å². The van der Waals surface area contributed by atoms with Gasteiger partial charge in [-0.1, -0.05) is 12.1 Å². The molecule has 1 aromatic carbocycles. The Hall–Kier alpha value is -2.70. The number of nitrogens with one attached hydrogen (secondary N) is 1. The van der Waals surface area contributed by atoms with Crippen molar-refractivity contribution in [2.75, 3.05) is 11.9 Å². The van der Waals surface area contributed by atoms with Gasteiger partial charge in [0.1, 0.15) is 5.82 Å². The summed E-state index contributed by atoms with van der Waals surface area (Å²) in [6, 6.07) is 4.84. The van der Waals surface area contributed by atoms with E-state index < -0.39 is 10.9 Å². The third kappa shape index (κ3) is 3.25. The molecular formula is C14H15N3O4. The number of benzene rings is 1. The molecule has 0 aliphatic heterocycles. The summed E-state index contributed by atoms with van der Waals surface area (Å²) < 4.78 is 0. The number of carboxylic acids is 1. The van der Waals surface area contributed by atoms with Gasteiger partial charge in [-0.3, -0.25) is 14.9 Å². The Labute approximate surface area is 120 Å². The van der Waals surface area contributed by atoms with E-state index in [1.807, 2.05) is 0 Å². The second kappa shape index (κ2) is 6.17. The molecule has 2 aromatic rings. The lowest BCUT2D eigenvalue weighted by Gasteiger charge is -2.10. The zero-order chi connectivity index (χ0) is 15.4. The molecule has 7 nitrogen and oxygen atoms in total. The number of aromatic nitrogens is 1. The number of nitro groups is 1. The van der Waals surface area contributed by atoms with Crippen LogP contribution in [-0.2, 0) is 4.79 Å². The minimum atomic E-state index is -0.853. The molecule has 2 N–H and O–H groups in total. The van der Waals surface area contributed by atoms with Gasteiger partial charge in [0.25, 0.3) is 5.69 Å². The van der Waals surface area contributed by atoms with Gasteiger partial charge in [-0.25, -0.2) is 4.98 Å². The summed E-state index contributed by atoms with van der Waals surface area (Å²) in [5.41, 5.74) is 0.773. The monoisotopic (exact) mass is 289 g/mol. The normalized spacial score (nSPS) is 10.5. The zero-order valence-corrected chi connectivity index (χ0v) is 11.5. The number of carboxylic acid groups (broad SMARTS) is 1. The summed E-state index contributed by atoms with van der Waals surface area (Å²) in [5, 5.41) is 24.0. The van der Waals surface area contributed by atoms with Crippen LogP contribution in [0, 0.1) is 17.0 Å². The van der Waals surface area contributed by atoms with Crippen molar-refractivity contribution in [3.63, 3.8) is 0 Å². The smallest absolute Gasteiger partial charge is 0.303 e. The Kier molecular flexibility index (Phi) is 4.32. The summed E-state index contributed by atoms with van der Waals surface area (Å²) >= 11 is 0. The number of fused-ring (bicyclic) bond motifs is 1. The summed E-state index contributed by atoms with van der Waals surface area (Å²) in [6.07, 6.45) is 2.10. The molecule has 0 aliphatic rings. The molecule has 21 heavy (non-hydrogen) atoms. The predicted molar refractivity (Wildman–Crippen MR) is 78.5 cm³/mol. The van der Waals surface area contributed by atoms with Crippen LogP contribution >= 0.6 is 0 Å². The van der Waals surface area contributed by atoms with E-state index >= 15 is 0 Å². The number of non-ortho nitro benzene ring substituents is 1. The predicted octanol–water partition coefficient (Wildman–Crippen LogP) is 2.73. The van der Waals surface area contributed by atoms with Crippen LogP contribution < -0.4 is 5.32 Å². The summed E-state index contributed by atoms with van der Waals surface area (Å²) in [4.78, 5) is 25.4. The molecule has 0 aliphatic carbocycles. The highest BCUT2D eigenvalue weighted by molar-refractivity contribution is 5.99. The number of carbonyl (C=O) groups is 1. The van der Waals surface area contributed by atoms with E-state index in [2.05, 4.69) is 10.3 Å². The lowest BCUT2D eigenvalue weighted by molar-refractivity contribution is -0.383. The minimum absolute atomic E-state index is 0.0426. The van der Waals surface area contributed by atoms with Gasteiger partial charge in [0.05, 0.1) is 10.3 Å². The van der Waals surface area contributed by atoms with Crippen molar-refractivity contribution < 1.29 is 14.8 Å². The number of rotatable bonds is 6. The van der Waals surface area contributed by atoms with E-state index in [1.165, 1.54) is 6.07 Å². The number of aryl methyl sites for hydroxylation is 1. The highest BCUT2D eigenvalue weighted by Crippen LogP contribution is 2.31. The maximum Gasteiger partial charge on any atom is 0.303 e. The molecule has 0 atom stereocenters. The highest BCUT2D eigenvalue weighted by Gasteiger charge is 2.16. The topological polar surface area (TPSA) is 105 Å². The van der Waals surface area contributed by atoms with Gasteiger partial charge in [-0.05, 0) is 18.9 Å². The molecular weight excluding hydrogens is 274 g/mol. The second-order valence-corrected chi connectivity index (χ2v) is 4.67. The fraction of sp³-hybridized carbons (Fsp3) is 0.286. The van der Waals surface area contributed by atoms with Crippen LogP contribution in [-0.4, -0.2) is 27.5 Å². The Morgan fingerprint density at radius 3 is 2.90 bits per heavy atom. The van der Waals surface area contributed by atoms with Crippen LogP contribution in [0.3, 0.4) is 0 Å². The summed E-state index contributed by atoms with van der Waals surface area (Å²) in [7, 11) is 0. The van der Waals surface area contributed by atoms with Gasteiger partial charge in [0.15, 0.2) is 0 Å². The second-order valence-electron chi connectivity index (χ2n) is 4.67. The fourth-order valence-corrected chi connectivity index (χ4v) is 2.19. The van der Waals surface area contributed by atoms with Crippen LogP contribution in [0.15, 0.2) is 24.4 Å². The van der Waals surface area contributed by atoms with E-state index in [4.69, 9.17) is 5.11 Å². The first-order valence-electron chi connectivity index (χ1n) is 6.49. The number of pyridine rings is 1. The number of hydrogen-bond donors (Lipinski definition) is 2. The molecule has 0 saturated heterocycles. The number of hydrogen-bond acceptors (Lipinski definition) is 5. The van der Waals surface area contributed by atoms with Crippen molar-refractivity contribution in [1.29, 1.82) is 0 Å². The molecule has 1 heterocycles. The lowest BCUT2D eigenvalue weighted by Crippen LogP contribution is -2.07. The first kappa shape index (κ1) is 14.7. The van der Waals surface area contributed by atoms with Gasteiger partial charge in [0, 0.05) is 30.6 Å². The van der Waals surface area contributed by atoms with Crippen molar-refractivity contribution in [1.82, 2.24) is 4.98 Å². The molecule has 0 spiro atoms. The first-order chi connectivity index (χ1) is 10.0. The molecule has 0 radical (unpaired) electrons. The molecule has 7 heteroatoms. The van der Waals surface area contributed by atoms with Crippen LogP contribution in [0.5, 0.6) is 0 Å². The van der Waals surface area contributed by atoms with Gasteiger partial charge in [-0.15, -0.1) is 0 Å². The van der Waals surface area contributed by atoms with E-state index in [-0.39, 0.29) is 12.1 Å². The molecule has 1 aromatic heterocycles. The third-order valence-corrected chi connectivity index (χ3v) is 3.14. The highest BCUT2D eigenvalue weighted by atomic mass is 16.6. The Balaban J connectivity index is 2.33. The number of aliphatic carboxylic acids is 1. The number of nitrogens with zero attached hydrogens (tertiary/aromatic N) is 2. The fourth-order valence-electron chi connectivity index (χ4n) is 2.19. The zero-order valence-electron chi connectivity index (χ0n) is 11.5. The third-order valence-electron chi connectivity index (χ3n) is 3.14. The van der Waals surface area contributed by atoms with E-state index in [0.29, 0.717) is 29.6 Å². The van der Waals surface area contributed by atoms with Gasteiger partial charge in [0.2, 0.25) is 0 Å². The quantitative estimate of drug-likeness (QED) is 0.481. The largest absolute Gasteiger partial charge is 0.481 e. The average molecular weight is 289 g/mol. The lowest BCUT2D eigenvalue weighted by atomic mass is 10.1. The van der Waals surface area contributed by atoms with E-state index in [1.54, 1.807) is 25.3 Å². The molecule has 0 unspecified atom stereocenters. The van der Waals surface area contributed by atoms with Gasteiger partial charge < -0.3 is 10.4 Å². The van der Waals surface area contributed by atoms with Gasteiger partial charge >= 0.3 is 5.97 Å². The van der Waals surface area contributed by atoms with E-state index in [0.717, 1.165) is 5.56 Å². The average Bonchev–Trinajstić information content (AvgIpc) is 2.44. The van der Waals surface area contributed by atoms with Crippen molar-refractivity contribution in [3.8, 4) is 0 Å². The number of anilines is 1. The molecule has 0 bridgehead atoms. The SMILES string of the molecule is Cc1cnc(NCCCC(=O)O)c2cccc([N+](=O)[O-])c12. The Bertz CT molecular complexity index is 700. The summed E-state index contributed by atoms with van der Waals surface area (Å²) in [5.74, 6) is -0.321. The minimum Gasteiger partial charge on any atom is -0.481 e. The van der Waals surface area contributed by atoms with Crippen molar-refractivity contribution >= 4 is 28.2 Å². The Morgan fingerprint density at radius 1 is 1.48 bits per heavy atom. The van der Waals surface area contributed by atoms with E-state index in [9.17, 15) is 14.9 Å². The standard InChI is InChI=1S/C14H15N3O4/c1-9-8-16-14(15-7-3-6-12(18)19)10-4-2-5-11(13(9)10)17(20)21/h2,4-5,8H,3,6-7H2,1H3,(H,15,16)(H,18,19). The molecule has 110 valence electrons. The molecule has 0 fully saturated rings. The van der Waals surface area contributed by atoms with Crippen molar-refractivity contribution in [2.45, 2.75) is 19.8 Å². The molecule has 2 rings (SSSR count). The maximum absolute atomic E-state index is 11.1. The van der Waals surface area contributed by atoms with Crippen LogP contribution in [0.4, 0.5) is 11.5 Å².